The summed E-state index contributed by atoms with van der Waals surface area (Å²) in [5.41, 5.74) is -0.262. The molecule has 3 aromatic rings. The normalized spacial score (nSPS) is 10.4. The molecular weight excluding hydrogens is 384 g/mol. The third-order valence-electron chi connectivity index (χ3n) is 3.56. The number of hydrogen-bond donors (Lipinski definition) is 0. The standard InChI is InChI=1S/C19H16N2O6S/c1-24-15-5-4-12(8-16(15)25-2)18(23)27-17-10-26-13(9-14(17)22)11-28-19-20-6-3-7-21-19/h3-10H,11H2,1-2H3. The van der Waals surface area contributed by atoms with E-state index in [1.165, 1.54) is 44.2 Å². The first-order chi connectivity index (χ1) is 13.6. The number of thioether (sulfide) groups is 1. The highest BCUT2D eigenvalue weighted by Gasteiger charge is 2.15. The molecule has 0 spiro atoms. The number of carbonyl (C=O) groups is 1. The first-order valence-corrected chi connectivity index (χ1v) is 9.05. The second-order valence-electron chi connectivity index (χ2n) is 5.35. The van der Waals surface area contributed by atoms with Crippen LogP contribution < -0.4 is 19.6 Å². The van der Waals surface area contributed by atoms with Crippen molar-refractivity contribution in [3.8, 4) is 17.2 Å². The van der Waals surface area contributed by atoms with Crippen LogP contribution in [-0.2, 0) is 5.75 Å². The van der Waals surface area contributed by atoms with Crippen molar-refractivity contribution in [3.05, 3.63) is 70.5 Å². The zero-order valence-electron chi connectivity index (χ0n) is 15.1. The van der Waals surface area contributed by atoms with E-state index in [0.29, 0.717) is 28.2 Å². The number of nitrogens with zero attached hydrogens (tertiary/aromatic N) is 2. The molecule has 2 heterocycles. The lowest BCUT2D eigenvalue weighted by atomic mass is 10.2. The van der Waals surface area contributed by atoms with E-state index >= 15 is 0 Å². The zero-order valence-corrected chi connectivity index (χ0v) is 15.9. The molecule has 0 aliphatic carbocycles. The highest BCUT2D eigenvalue weighted by Crippen LogP contribution is 2.28. The average Bonchev–Trinajstić information content (AvgIpc) is 2.74. The molecule has 0 radical (unpaired) electrons. The van der Waals surface area contributed by atoms with E-state index in [2.05, 4.69) is 9.97 Å². The van der Waals surface area contributed by atoms with Gasteiger partial charge >= 0.3 is 5.97 Å². The molecule has 0 fully saturated rings. The van der Waals surface area contributed by atoms with Gasteiger partial charge in [-0.1, -0.05) is 11.8 Å². The molecule has 0 aliphatic heterocycles. The van der Waals surface area contributed by atoms with E-state index in [9.17, 15) is 9.59 Å². The topological polar surface area (TPSA) is 101 Å². The second kappa shape index (κ2) is 9.05. The van der Waals surface area contributed by atoms with Crippen LogP contribution in [0.3, 0.4) is 0 Å². The molecule has 0 saturated heterocycles. The Morgan fingerprint density at radius 2 is 1.82 bits per heavy atom. The molecule has 3 rings (SSSR count). The van der Waals surface area contributed by atoms with Crippen molar-refractivity contribution >= 4 is 17.7 Å². The van der Waals surface area contributed by atoms with Gasteiger partial charge in [0.15, 0.2) is 16.7 Å². The third-order valence-corrected chi connectivity index (χ3v) is 4.46. The lowest BCUT2D eigenvalue weighted by Crippen LogP contribution is -2.15. The van der Waals surface area contributed by atoms with Crippen LogP contribution in [0.2, 0.25) is 0 Å². The minimum Gasteiger partial charge on any atom is -0.493 e. The molecule has 28 heavy (non-hydrogen) atoms. The van der Waals surface area contributed by atoms with Crippen LogP contribution in [0.1, 0.15) is 16.1 Å². The summed E-state index contributed by atoms with van der Waals surface area (Å²) in [6, 6.07) is 7.53. The molecule has 0 amide bonds. The number of ether oxygens (including phenoxy) is 3. The van der Waals surface area contributed by atoms with E-state index in [4.69, 9.17) is 18.6 Å². The fourth-order valence-electron chi connectivity index (χ4n) is 2.21. The molecule has 144 valence electrons. The Labute approximate surface area is 164 Å². The molecule has 0 aliphatic rings. The molecule has 8 nitrogen and oxygen atoms in total. The number of rotatable bonds is 7. The summed E-state index contributed by atoms with van der Waals surface area (Å²) in [6.07, 6.45) is 4.37. The first-order valence-electron chi connectivity index (χ1n) is 8.06. The molecule has 0 N–H and O–H groups in total. The van der Waals surface area contributed by atoms with Crippen LogP contribution in [0.5, 0.6) is 17.2 Å². The van der Waals surface area contributed by atoms with Gasteiger partial charge < -0.3 is 18.6 Å². The average molecular weight is 400 g/mol. The minimum absolute atomic E-state index is 0.204. The van der Waals surface area contributed by atoms with Crippen LogP contribution in [-0.4, -0.2) is 30.2 Å². The van der Waals surface area contributed by atoms with Crippen molar-refractivity contribution in [1.29, 1.82) is 0 Å². The van der Waals surface area contributed by atoms with Gasteiger partial charge in [0.1, 0.15) is 12.0 Å². The fourth-order valence-corrected chi connectivity index (χ4v) is 2.90. The van der Waals surface area contributed by atoms with Gasteiger partial charge in [0.25, 0.3) is 0 Å². The highest BCUT2D eigenvalue weighted by atomic mass is 32.2. The van der Waals surface area contributed by atoms with Crippen molar-refractivity contribution in [2.24, 2.45) is 0 Å². The van der Waals surface area contributed by atoms with E-state index < -0.39 is 11.4 Å². The fraction of sp³-hybridized carbons (Fsp3) is 0.158. The molecule has 0 unspecified atom stereocenters. The number of aromatic nitrogens is 2. The zero-order chi connectivity index (χ0) is 19.9. The Kier molecular flexibility index (Phi) is 6.28. The Morgan fingerprint density at radius 1 is 1.07 bits per heavy atom. The van der Waals surface area contributed by atoms with Crippen molar-refractivity contribution in [1.82, 2.24) is 9.97 Å². The summed E-state index contributed by atoms with van der Waals surface area (Å²) < 4.78 is 20.8. The number of hydrogen-bond acceptors (Lipinski definition) is 9. The monoisotopic (exact) mass is 400 g/mol. The van der Waals surface area contributed by atoms with E-state index in [-0.39, 0.29) is 11.3 Å². The summed E-state index contributed by atoms with van der Waals surface area (Å²) in [4.78, 5) is 32.7. The summed E-state index contributed by atoms with van der Waals surface area (Å²) >= 11 is 1.32. The largest absolute Gasteiger partial charge is 0.493 e. The van der Waals surface area contributed by atoms with Gasteiger partial charge in [0, 0.05) is 18.5 Å². The van der Waals surface area contributed by atoms with E-state index in [1.54, 1.807) is 24.5 Å². The maximum Gasteiger partial charge on any atom is 0.343 e. The predicted molar refractivity (Wildman–Crippen MR) is 101 cm³/mol. The number of benzene rings is 1. The minimum atomic E-state index is -0.715. The number of esters is 1. The number of methoxy groups -OCH3 is 2. The Morgan fingerprint density at radius 3 is 2.50 bits per heavy atom. The maximum absolute atomic E-state index is 12.3. The number of carbonyl (C=O) groups excluding carboxylic acids is 1. The van der Waals surface area contributed by atoms with Gasteiger partial charge in [-0.25, -0.2) is 14.8 Å². The summed E-state index contributed by atoms with van der Waals surface area (Å²) in [7, 11) is 2.95. The van der Waals surface area contributed by atoms with Crippen molar-refractivity contribution in [2.45, 2.75) is 10.9 Å². The summed E-state index contributed by atoms with van der Waals surface area (Å²) in [5.74, 6) is 0.705. The van der Waals surface area contributed by atoms with Crippen LogP contribution in [0.15, 0.2) is 63.4 Å². The molecule has 0 bridgehead atoms. The van der Waals surface area contributed by atoms with Crippen molar-refractivity contribution in [3.63, 3.8) is 0 Å². The van der Waals surface area contributed by atoms with Crippen LogP contribution in [0.25, 0.3) is 0 Å². The summed E-state index contributed by atoms with van der Waals surface area (Å²) in [6.45, 7) is 0. The van der Waals surface area contributed by atoms with Gasteiger partial charge in [0.05, 0.1) is 25.5 Å². The molecule has 9 heteroatoms. The van der Waals surface area contributed by atoms with Gasteiger partial charge in [-0.3, -0.25) is 4.79 Å². The van der Waals surface area contributed by atoms with Crippen LogP contribution in [0, 0.1) is 0 Å². The van der Waals surface area contributed by atoms with Crippen LogP contribution in [0.4, 0.5) is 0 Å². The molecular formula is C19H16N2O6S. The molecule has 0 saturated carbocycles. The Balaban J connectivity index is 1.69. The van der Waals surface area contributed by atoms with Gasteiger partial charge in [-0.2, -0.15) is 0 Å². The van der Waals surface area contributed by atoms with Gasteiger partial charge in [-0.15, -0.1) is 0 Å². The smallest absolute Gasteiger partial charge is 0.343 e. The third kappa shape index (κ3) is 4.68. The Hall–Kier alpha value is -3.33. The van der Waals surface area contributed by atoms with Crippen molar-refractivity contribution in [2.75, 3.05) is 14.2 Å². The van der Waals surface area contributed by atoms with E-state index in [0.717, 1.165) is 6.26 Å². The quantitative estimate of drug-likeness (QED) is 0.336. The first kappa shape index (κ1) is 19.4. The lowest BCUT2D eigenvalue weighted by Gasteiger charge is -2.09. The van der Waals surface area contributed by atoms with E-state index in [1.807, 2.05) is 0 Å². The molecule has 1 aromatic carbocycles. The van der Waals surface area contributed by atoms with Crippen LogP contribution >= 0.6 is 11.8 Å². The van der Waals surface area contributed by atoms with Crippen molar-refractivity contribution < 1.29 is 23.4 Å². The highest BCUT2D eigenvalue weighted by molar-refractivity contribution is 7.98. The molecule has 2 aromatic heterocycles. The van der Waals surface area contributed by atoms with Gasteiger partial charge in [-0.05, 0) is 24.3 Å². The molecule has 0 atom stereocenters. The maximum atomic E-state index is 12.3. The summed E-state index contributed by atoms with van der Waals surface area (Å²) in [5, 5.41) is 0.564. The predicted octanol–water partition coefficient (Wildman–Crippen LogP) is 2.96. The Bertz CT molecular complexity index is 1020. The second-order valence-corrected chi connectivity index (χ2v) is 6.30. The lowest BCUT2D eigenvalue weighted by molar-refractivity contribution is 0.0728. The van der Waals surface area contributed by atoms with Gasteiger partial charge in [0.2, 0.25) is 11.2 Å². The SMILES string of the molecule is COc1ccc(C(=O)Oc2coc(CSc3ncccn3)cc2=O)cc1OC.